The number of piperazine rings is 1. The van der Waals surface area contributed by atoms with Crippen LogP contribution in [0.15, 0.2) is 24.3 Å². The van der Waals surface area contributed by atoms with Crippen LogP contribution in [0.2, 0.25) is 0 Å². The number of carbonyl (C=O) groups is 2. The summed E-state index contributed by atoms with van der Waals surface area (Å²) in [5.41, 5.74) is 7.72. The molecule has 0 aliphatic carbocycles. The predicted molar refractivity (Wildman–Crippen MR) is 78.4 cm³/mol. The van der Waals surface area contributed by atoms with Crippen molar-refractivity contribution >= 4 is 17.5 Å². The third kappa shape index (κ3) is 3.17. The Bertz CT molecular complexity index is 516. The van der Waals surface area contributed by atoms with Crippen LogP contribution in [0, 0.1) is 0 Å². The summed E-state index contributed by atoms with van der Waals surface area (Å²) in [5.74, 6) is -0.355. The highest BCUT2D eigenvalue weighted by atomic mass is 16.2. The second-order valence-corrected chi connectivity index (χ2v) is 6.00. The summed E-state index contributed by atoms with van der Waals surface area (Å²) >= 11 is 0. The van der Waals surface area contributed by atoms with Crippen molar-refractivity contribution in [3.05, 3.63) is 29.8 Å². The van der Waals surface area contributed by atoms with E-state index in [0.717, 1.165) is 11.3 Å². The van der Waals surface area contributed by atoms with E-state index in [2.05, 4.69) is 0 Å². The molecule has 0 spiro atoms. The van der Waals surface area contributed by atoms with Crippen LogP contribution in [-0.2, 0) is 16.0 Å². The lowest BCUT2D eigenvalue weighted by molar-refractivity contribution is -0.143. The van der Waals surface area contributed by atoms with Crippen molar-refractivity contribution in [2.75, 3.05) is 25.0 Å². The number of rotatable bonds is 3. The second-order valence-electron chi connectivity index (χ2n) is 6.00. The average Bonchev–Trinajstić information content (AvgIpc) is 2.34. The van der Waals surface area contributed by atoms with E-state index >= 15 is 0 Å². The quantitative estimate of drug-likeness (QED) is 0.828. The maximum atomic E-state index is 11.8. The molecule has 0 unspecified atom stereocenters. The smallest absolute Gasteiger partial charge is 0.248 e. The Morgan fingerprint density at radius 2 is 1.70 bits per heavy atom. The second kappa shape index (κ2) is 5.25. The standard InChI is InChI=1S/C15H21N3O2/c1-15(2,16)8-11-6-4-5-7-12(11)18-9-13(19)17(3)14(20)10-18/h4-7H,8-10,16H2,1-3H3. The van der Waals surface area contributed by atoms with Gasteiger partial charge in [0.2, 0.25) is 11.8 Å². The fourth-order valence-electron chi connectivity index (χ4n) is 2.36. The average molecular weight is 275 g/mol. The van der Waals surface area contributed by atoms with Crippen molar-refractivity contribution in [3.8, 4) is 0 Å². The summed E-state index contributed by atoms with van der Waals surface area (Å²) in [6.45, 7) is 4.38. The van der Waals surface area contributed by atoms with Crippen molar-refractivity contribution in [1.29, 1.82) is 0 Å². The number of para-hydroxylation sites is 1. The van der Waals surface area contributed by atoms with Gasteiger partial charge in [0.25, 0.3) is 0 Å². The Kier molecular flexibility index (Phi) is 3.81. The fraction of sp³-hybridized carbons (Fsp3) is 0.467. The van der Waals surface area contributed by atoms with Crippen LogP contribution in [0.1, 0.15) is 19.4 Å². The normalized spacial score (nSPS) is 16.8. The predicted octanol–water partition coefficient (Wildman–Crippen LogP) is 0.771. The number of benzene rings is 1. The van der Waals surface area contributed by atoms with Crippen LogP contribution >= 0.6 is 0 Å². The molecule has 1 aliphatic rings. The molecule has 1 aliphatic heterocycles. The fourth-order valence-corrected chi connectivity index (χ4v) is 2.36. The maximum absolute atomic E-state index is 11.8. The highest BCUT2D eigenvalue weighted by Crippen LogP contribution is 2.25. The minimum absolute atomic E-state index is 0.178. The molecule has 0 aromatic heterocycles. The molecule has 20 heavy (non-hydrogen) atoms. The van der Waals surface area contributed by atoms with E-state index in [1.54, 1.807) is 0 Å². The lowest BCUT2D eigenvalue weighted by atomic mass is 9.94. The van der Waals surface area contributed by atoms with Gasteiger partial charge >= 0.3 is 0 Å². The molecule has 0 radical (unpaired) electrons. The van der Waals surface area contributed by atoms with Gasteiger partial charge in [0.15, 0.2) is 0 Å². The van der Waals surface area contributed by atoms with Gasteiger partial charge in [0.05, 0.1) is 13.1 Å². The first-order valence-electron chi connectivity index (χ1n) is 6.69. The van der Waals surface area contributed by atoms with Gasteiger partial charge in [0.1, 0.15) is 0 Å². The molecule has 2 rings (SSSR count). The first-order valence-corrected chi connectivity index (χ1v) is 6.69. The van der Waals surface area contributed by atoms with Crippen LogP contribution < -0.4 is 10.6 Å². The van der Waals surface area contributed by atoms with Crippen molar-refractivity contribution in [3.63, 3.8) is 0 Å². The molecule has 0 saturated carbocycles. The van der Waals surface area contributed by atoms with E-state index < -0.39 is 0 Å². The Balaban J connectivity index is 2.29. The van der Waals surface area contributed by atoms with Gasteiger partial charge in [-0.25, -0.2) is 0 Å². The zero-order valence-electron chi connectivity index (χ0n) is 12.2. The van der Waals surface area contributed by atoms with Gasteiger partial charge in [-0.05, 0) is 31.9 Å². The molecule has 5 nitrogen and oxygen atoms in total. The molecule has 2 N–H and O–H groups in total. The summed E-state index contributed by atoms with van der Waals surface area (Å²) < 4.78 is 0. The van der Waals surface area contributed by atoms with Crippen LogP contribution in [0.5, 0.6) is 0 Å². The minimum atomic E-state index is -0.337. The number of carbonyl (C=O) groups excluding carboxylic acids is 2. The number of amides is 2. The summed E-state index contributed by atoms with van der Waals surface area (Å²) in [6.07, 6.45) is 0.692. The number of imide groups is 1. The van der Waals surface area contributed by atoms with Crippen LogP contribution in [0.25, 0.3) is 0 Å². The molecule has 1 heterocycles. The molecule has 1 aromatic rings. The summed E-state index contributed by atoms with van der Waals surface area (Å²) in [6, 6.07) is 7.80. The zero-order valence-corrected chi connectivity index (χ0v) is 12.2. The van der Waals surface area contributed by atoms with E-state index in [0.29, 0.717) is 6.42 Å². The first kappa shape index (κ1) is 14.5. The number of nitrogens with zero attached hydrogens (tertiary/aromatic N) is 2. The summed E-state index contributed by atoms with van der Waals surface area (Å²) in [7, 11) is 1.52. The van der Waals surface area contributed by atoms with Gasteiger partial charge in [-0.2, -0.15) is 0 Å². The molecule has 1 aromatic carbocycles. The topological polar surface area (TPSA) is 66.6 Å². The number of hydrogen-bond donors (Lipinski definition) is 1. The van der Waals surface area contributed by atoms with Crippen LogP contribution in [0.4, 0.5) is 5.69 Å². The van der Waals surface area contributed by atoms with Gasteiger partial charge in [-0.1, -0.05) is 18.2 Å². The van der Waals surface area contributed by atoms with Crippen molar-refractivity contribution in [1.82, 2.24) is 4.90 Å². The van der Waals surface area contributed by atoms with E-state index in [-0.39, 0.29) is 30.4 Å². The SMILES string of the molecule is CN1C(=O)CN(c2ccccc2CC(C)(C)N)CC1=O. The molecule has 2 amide bonds. The van der Waals surface area contributed by atoms with Crippen molar-refractivity contribution in [2.24, 2.45) is 5.73 Å². The molecular weight excluding hydrogens is 254 g/mol. The summed E-state index contributed by atoms with van der Waals surface area (Å²) in [5, 5.41) is 0. The monoisotopic (exact) mass is 275 g/mol. The van der Waals surface area contributed by atoms with E-state index in [4.69, 9.17) is 5.73 Å². The molecule has 5 heteroatoms. The van der Waals surface area contributed by atoms with Crippen LogP contribution in [0.3, 0.4) is 0 Å². The van der Waals surface area contributed by atoms with E-state index in [1.807, 2.05) is 43.0 Å². The Hall–Kier alpha value is -1.88. The van der Waals surface area contributed by atoms with Gasteiger partial charge in [-0.3, -0.25) is 14.5 Å². The zero-order chi connectivity index (χ0) is 14.9. The maximum Gasteiger partial charge on any atom is 0.248 e. The molecule has 0 atom stereocenters. The largest absolute Gasteiger partial charge is 0.353 e. The number of anilines is 1. The molecule has 0 bridgehead atoms. The molecule has 1 fully saturated rings. The Morgan fingerprint density at radius 3 is 2.25 bits per heavy atom. The van der Waals surface area contributed by atoms with Gasteiger partial charge < -0.3 is 10.6 Å². The van der Waals surface area contributed by atoms with Crippen molar-refractivity contribution in [2.45, 2.75) is 25.8 Å². The van der Waals surface area contributed by atoms with Gasteiger partial charge in [0, 0.05) is 18.3 Å². The third-order valence-corrected chi connectivity index (χ3v) is 3.38. The number of hydrogen-bond acceptors (Lipinski definition) is 4. The first-order chi connectivity index (χ1) is 9.28. The van der Waals surface area contributed by atoms with E-state index in [9.17, 15) is 9.59 Å². The number of likely N-dealkylation sites (N-methyl/N-ethyl adjacent to an activating group) is 1. The van der Waals surface area contributed by atoms with Crippen LogP contribution in [-0.4, -0.2) is 42.4 Å². The summed E-state index contributed by atoms with van der Waals surface area (Å²) in [4.78, 5) is 26.7. The van der Waals surface area contributed by atoms with Crippen molar-refractivity contribution < 1.29 is 9.59 Å². The van der Waals surface area contributed by atoms with E-state index in [1.165, 1.54) is 11.9 Å². The third-order valence-electron chi connectivity index (χ3n) is 3.38. The lowest BCUT2D eigenvalue weighted by Gasteiger charge is -2.34. The molecule has 1 saturated heterocycles. The highest BCUT2D eigenvalue weighted by Gasteiger charge is 2.29. The molecular formula is C15H21N3O2. The molecule has 108 valence electrons. The number of nitrogens with two attached hydrogens (primary N) is 1. The minimum Gasteiger partial charge on any atom is -0.353 e. The Morgan fingerprint density at radius 1 is 1.15 bits per heavy atom. The Labute approximate surface area is 119 Å². The van der Waals surface area contributed by atoms with Gasteiger partial charge in [-0.15, -0.1) is 0 Å². The highest BCUT2D eigenvalue weighted by molar-refractivity contribution is 6.02. The lowest BCUT2D eigenvalue weighted by Crippen LogP contribution is -2.52.